The molecule has 1 heterocycles. The molecule has 0 saturated heterocycles. The predicted molar refractivity (Wildman–Crippen MR) is 107 cm³/mol. The van der Waals surface area contributed by atoms with Crippen molar-refractivity contribution in [1.29, 1.82) is 0 Å². The van der Waals surface area contributed by atoms with Crippen molar-refractivity contribution >= 4 is 23.3 Å². The number of nitrogens with zero attached hydrogens (tertiary/aromatic N) is 1. The fourth-order valence-electron chi connectivity index (χ4n) is 2.58. The van der Waals surface area contributed by atoms with Crippen molar-refractivity contribution in [3.8, 4) is 0 Å². The third-order valence-corrected chi connectivity index (χ3v) is 4.08. The van der Waals surface area contributed by atoms with Crippen LogP contribution in [-0.4, -0.2) is 23.5 Å². The Morgan fingerprint density at radius 2 is 1.72 bits per heavy atom. The van der Waals surface area contributed by atoms with E-state index in [1.807, 2.05) is 0 Å². The quantitative estimate of drug-likeness (QED) is 0.592. The summed E-state index contributed by atoms with van der Waals surface area (Å²) in [6.45, 7) is 2.16. The van der Waals surface area contributed by atoms with Crippen LogP contribution in [0.3, 0.4) is 0 Å². The lowest BCUT2D eigenvalue weighted by molar-refractivity contribution is 0.0526. The zero-order chi connectivity index (χ0) is 20.6. The van der Waals surface area contributed by atoms with Gasteiger partial charge in [0.25, 0.3) is 5.91 Å². The molecule has 0 atom stereocenters. The molecular weight excluding hydrogens is 373 g/mol. The van der Waals surface area contributed by atoms with Crippen LogP contribution in [-0.2, 0) is 11.3 Å². The summed E-state index contributed by atoms with van der Waals surface area (Å²) in [5.41, 5.74) is 2.54. The lowest BCUT2D eigenvalue weighted by Crippen LogP contribution is -2.24. The van der Waals surface area contributed by atoms with Crippen LogP contribution < -0.4 is 10.6 Å². The van der Waals surface area contributed by atoms with E-state index in [1.54, 1.807) is 61.5 Å². The minimum Gasteiger partial charge on any atom is -0.462 e. The number of pyridine rings is 1. The Kier molecular flexibility index (Phi) is 6.52. The number of carbonyl (C=O) groups excluding carboxylic acids is 2. The molecule has 0 fully saturated rings. The van der Waals surface area contributed by atoms with Crippen molar-refractivity contribution in [3.05, 3.63) is 89.5 Å². The molecule has 1 amide bonds. The summed E-state index contributed by atoms with van der Waals surface area (Å²) in [5, 5.41) is 5.78. The van der Waals surface area contributed by atoms with Crippen molar-refractivity contribution < 1.29 is 18.7 Å². The van der Waals surface area contributed by atoms with Crippen molar-refractivity contribution in [1.82, 2.24) is 10.3 Å². The maximum Gasteiger partial charge on any atom is 0.338 e. The highest BCUT2D eigenvalue weighted by atomic mass is 19.1. The van der Waals surface area contributed by atoms with E-state index in [2.05, 4.69) is 15.6 Å². The highest BCUT2D eigenvalue weighted by Gasteiger charge is 2.09. The zero-order valence-corrected chi connectivity index (χ0v) is 15.8. The summed E-state index contributed by atoms with van der Waals surface area (Å²) in [5.74, 6) is -1.13. The normalized spacial score (nSPS) is 10.3. The first-order valence-electron chi connectivity index (χ1n) is 9.08. The SMILES string of the molecule is CCOC(=O)c1ccc(Nc2ccc(C(=O)NCc3ccccc3F)nc2)cc1. The average molecular weight is 393 g/mol. The molecule has 1 aromatic heterocycles. The molecular formula is C22H20FN3O3. The number of nitrogens with one attached hydrogen (secondary N) is 2. The van der Waals surface area contributed by atoms with Gasteiger partial charge in [0.15, 0.2) is 0 Å². The van der Waals surface area contributed by atoms with Gasteiger partial charge in [-0.25, -0.2) is 14.2 Å². The minimum absolute atomic E-state index is 0.0833. The van der Waals surface area contributed by atoms with Crippen LogP contribution in [0.15, 0.2) is 66.9 Å². The summed E-state index contributed by atoms with van der Waals surface area (Å²) < 4.78 is 18.6. The molecule has 7 heteroatoms. The van der Waals surface area contributed by atoms with E-state index in [4.69, 9.17) is 4.74 Å². The second kappa shape index (κ2) is 9.45. The van der Waals surface area contributed by atoms with Gasteiger partial charge in [0, 0.05) is 17.8 Å². The maximum absolute atomic E-state index is 13.6. The molecule has 0 unspecified atom stereocenters. The van der Waals surface area contributed by atoms with Crippen LogP contribution >= 0.6 is 0 Å². The number of ether oxygens (including phenoxy) is 1. The first-order valence-corrected chi connectivity index (χ1v) is 9.08. The molecule has 148 valence electrons. The Morgan fingerprint density at radius 1 is 1.00 bits per heavy atom. The van der Waals surface area contributed by atoms with Crippen LogP contribution in [0.2, 0.25) is 0 Å². The molecule has 6 nitrogen and oxygen atoms in total. The van der Waals surface area contributed by atoms with Crippen LogP contribution in [0.4, 0.5) is 15.8 Å². The highest BCUT2D eigenvalue weighted by molar-refractivity contribution is 5.92. The lowest BCUT2D eigenvalue weighted by Gasteiger charge is -2.09. The molecule has 29 heavy (non-hydrogen) atoms. The van der Waals surface area contributed by atoms with E-state index >= 15 is 0 Å². The van der Waals surface area contributed by atoms with Gasteiger partial charge in [-0.15, -0.1) is 0 Å². The van der Waals surface area contributed by atoms with Gasteiger partial charge >= 0.3 is 5.97 Å². The van der Waals surface area contributed by atoms with Gasteiger partial charge < -0.3 is 15.4 Å². The second-order valence-electron chi connectivity index (χ2n) is 6.13. The summed E-state index contributed by atoms with van der Waals surface area (Å²) in [6.07, 6.45) is 1.53. The molecule has 0 radical (unpaired) electrons. The molecule has 3 aromatic rings. The Morgan fingerprint density at radius 3 is 2.38 bits per heavy atom. The van der Waals surface area contributed by atoms with Crippen molar-refractivity contribution in [2.24, 2.45) is 0 Å². The first-order chi connectivity index (χ1) is 14.1. The van der Waals surface area contributed by atoms with Crippen LogP contribution in [0.1, 0.15) is 33.3 Å². The van der Waals surface area contributed by atoms with Crippen LogP contribution in [0.25, 0.3) is 0 Å². The van der Waals surface area contributed by atoms with Crippen molar-refractivity contribution in [3.63, 3.8) is 0 Å². The summed E-state index contributed by atoms with van der Waals surface area (Å²) in [4.78, 5) is 28.0. The number of halogens is 1. The van der Waals surface area contributed by atoms with Crippen LogP contribution in [0, 0.1) is 5.82 Å². The Balaban J connectivity index is 1.57. The van der Waals surface area contributed by atoms with E-state index in [0.29, 0.717) is 23.4 Å². The molecule has 2 N–H and O–H groups in total. The van der Waals surface area contributed by atoms with Gasteiger partial charge in [-0.05, 0) is 49.4 Å². The van der Waals surface area contributed by atoms with Crippen LogP contribution in [0.5, 0.6) is 0 Å². The van der Waals surface area contributed by atoms with Gasteiger partial charge in [0.1, 0.15) is 11.5 Å². The number of aromatic nitrogens is 1. The van der Waals surface area contributed by atoms with Gasteiger partial charge in [-0.3, -0.25) is 4.79 Å². The molecule has 0 spiro atoms. The molecule has 0 aliphatic rings. The van der Waals surface area contributed by atoms with E-state index < -0.39 is 5.91 Å². The molecule has 0 aliphatic carbocycles. The molecule has 0 aliphatic heterocycles. The molecule has 2 aromatic carbocycles. The van der Waals surface area contributed by atoms with Gasteiger partial charge in [0.05, 0.1) is 24.1 Å². The fraction of sp³-hybridized carbons (Fsp3) is 0.136. The number of hydrogen-bond donors (Lipinski definition) is 2. The second-order valence-corrected chi connectivity index (χ2v) is 6.13. The van der Waals surface area contributed by atoms with E-state index in [1.165, 1.54) is 12.3 Å². The fourth-order valence-corrected chi connectivity index (χ4v) is 2.58. The molecule has 3 rings (SSSR count). The Labute approximate surface area is 167 Å². The number of esters is 1. The molecule has 0 bridgehead atoms. The van der Waals surface area contributed by atoms with E-state index in [-0.39, 0.29) is 24.0 Å². The first kappa shape index (κ1) is 20.0. The number of benzene rings is 2. The van der Waals surface area contributed by atoms with E-state index in [0.717, 1.165) is 5.69 Å². The smallest absolute Gasteiger partial charge is 0.338 e. The monoisotopic (exact) mass is 393 g/mol. The number of amides is 1. The number of hydrogen-bond acceptors (Lipinski definition) is 5. The van der Waals surface area contributed by atoms with Gasteiger partial charge in [0.2, 0.25) is 0 Å². The number of carbonyl (C=O) groups is 2. The largest absolute Gasteiger partial charge is 0.462 e. The van der Waals surface area contributed by atoms with E-state index in [9.17, 15) is 14.0 Å². The third kappa shape index (κ3) is 5.38. The Hall–Kier alpha value is -3.74. The summed E-state index contributed by atoms with van der Waals surface area (Å²) in [6, 6.07) is 16.4. The molecule has 0 saturated carbocycles. The lowest BCUT2D eigenvalue weighted by atomic mass is 10.2. The highest BCUT2D eigenvalue weighted by Crippen LogP contribution is 2.17. The van der Waals surface area contributed by atoms with Gasteiger partial charge in [-0.1, -0.05) is 18.2 Å². The van der Waals surface area contributed by atoms with Gasteiger partial charge in [-0.2, -0.15) is 0 Å². The maximum atomic E-state index is 13.6. The topological polar surface area (TPSA) is 80.3 Å². The summed E-state index contributed by atoms with van der Waals surface area (Å²) in [7, 11) is 0. The Bertz CT molecular complexity index is 989. The number of rotatable bonds is 7. The minimum atomic E-state index is -0.390. The number of anilines is 2. The van der Waals surface area contributed by atoms with Crippen molar-refractivity contribution in [2.75, 3.05) is 11.9 Å². The zero-order valence-electron chi connectivity index (χ0n) is 15.8. The van der Waals surface area contributed by atoms with Crippen molar-refractivity contribution in [2.45, 2.75) is 13.5 Å². The summed E-state index contributed by atoms with van der Waals surface area (Å²) >= 11 is 0. The predicted octanol–water partition coefficient (Wildman–Crippen LogP) is 4.07. The standard InChI is InChI=1S/C22H20FN3O3/c1-2-29-22(28)15-7-9-17(10-8-15)26-18-11-12-20(24-14-18)21(27)25-13-16-5-3-4-6-19(16)23/h3-12,14,26H,2,13H2,1H3,(H,25,27). The average Bonchev–Trinajstić information content (AvgIpc) is 2.74. The third-order valence-electron chi connectivity index (χ3n) is 4.08.